The van der Waals surface area contributed by atoms with E-state index in [2.05, 4.69) is 35.3 Å². The lowest BCUT2D eigenvalue weighted by atomic mass is 10.2. The van der Waals surface area contributed by atoms with E-state index in [1.54, 1.807) is 24.8 Å². The van der Waals surface area contributed by atoms with Gasteiger partial charge < -0.3 is 9.42 Å². The van der Waals surface area contributed by atoms with Crippen molar-refractivity contribution in [2.24, 2.45) is 0 Å². The second-order valence-electron chi connectivity index (χ2n) is 4.95. The fraction of sp³-hybridized carbons (Fsp3) is 0.143. The van der Waals surface area contributed by atoms with Crippen LogP contribution in [0.3, 0.4) is 0 Å². The minimum absolute atomic E-state index is 0. The van der Waals surface area contributed by atoms with Gasteiger partial charge in [-0.05, 0) is 12.1 Å². The number of hydrogen-bond acceptors (Lipinski definition) is 8. The van der Waals surface area contributed by atoms with Gasteiger partial charge in [-0.15, -0.1) is 12.4 Å². The number of anilines is 1. The molecule has 10 heteroatoms. The Bertz CT molecular complexity index is 938. The van der Waals surface area contributed by atoms with Crippen molar-refractivity contribution in [1.29, 1.82) is 0 Å². The van der Waals surface area contributed by atoms with Gasteiger partial charge in [-0.2, -0.15) is 15.1 Å². The maximum atomic E-state index is 5.28. The summed E-state index contributed by atoms with van der Waals surface area (Å²) in [5.41, 5.74) is 1.54. The van der Waals surface area contributed by atoms with Crippen LogP contribution >= 0.6 is 12.4 Å². The van der Waals surface area contributed by atoms with Crippen LogP contribution in [0.1, 0.15) is 5.89 Å². The fourth-order valence-corrected chi connectivity index (χ4v) is 2.12. The van der Waals surface area contributed by atoms with E-state index in [1.165, 1.54) is 0 Å². The van der Waals surface area contributed by atoms with Crippen LogP contribution in [0.5, 0.6) is 0 Å². The molecule has 0 radical (unpaired) electrons. The Morgan fingerprint density at radius 3 is 2.83 bits per heavy atom. The van der Waals surface area contributed by atoms with E-state index >= 15 is 0 Å². The van der Waals surface area contributed by atoms with Crippen molar-refractivity contribution in [3.05, 3.63) is 42.8 Å². The van der Waals surface area contributed by atoms with E-state index in [0.717, 1.165) is 10.9 Å². The third-order valence-corrected chi connectivity index (χ3v) is 3.30. The van der Waals surface area contributed by atoms with Gasteiger partial charge in [0.05, 0.1) is 18.1 Å². The average Bonchev–Trinajstić information content (AvgIpc) is 3.24. The number of halogens is 1. The summed E-state index contributed by atoms with van der Waals surface area (Å²) in [6, 6.07) is 3.65. The number of aromatic nitrogens is 7. The van der Waals surface area contributed by atoms with E-state index in [0.29, 0.717) is 29.9 Å². The fourth-order valence-electron chi connectivity index (χ4n) is 2.12. The van der Waals surface area contributed by atoms with E-state index in [9.17, 15) is 0 Å². The molecule has 4 aromatic heterocycles. The molecule has 0 saturated carbocycles. The van der Waals surface area contributed by atoms with Crippen molar-refractivity contribution < 1.29 is 4.52 Å². The van der Waals surface area contributed by atoms with Gasteiger partial charge in [0.25, 0.3) is 0 Å². The third-order valence-electron chi connectivity index (χ3n) is 3.30. The number of H-pyrrole nitrogens is 1. The van der Waals surface area contributed by atoms with Crippen LogP contribution in [-0.4, -0.2) is 42.3 Å². The molecule has 0 saturated heterocycles. The van der Waals surface area contributed by atoms with Crippen molar-refractivity contribution in [1.82, 2.24) is 35.3 Å². The van der Waals surface area contributed by atoms with Gasteiger partial charge in [0.15, 0.2) is 5.65 Å². The highest BCUT2D eigenvalue weighted by Gasteiger charge is 2.13. The normalized spacial score (nSPS) is 10.5. The minimum Gasteiger partial charge on any atom is -0.337 e. The summed E-state index contributed by atoms with van der Waals surface area (Å²) < 4.78 is 5.28. The molecule has 4 aromatic rings. The zero-order chi connectivity index (χ0) is 15.6. The maximum absolute atomic E-state index is 5.28. The number of rotatable bonds is 4. The topological polar surface area (TPSA) is 110 Å². The zero-order valence-electron chi connectivity index (χ0n) is 12.6. The average molecular weight is 345 g/mol. The van der Waals surface area contributed by atoms with Crippen molar-refractivity contribution in [3.8, 4) is 11.4 Å². The van der Waals surface area contributed by atoms with Gasteiger partial charge in [0.1, 0.15) is 0 Å². The van der Waals surface area contributed by atoms with Gasteiger partial charge >= 0.3 is 0 Å². The lowest BCUT2D eigenvalue weighted by molar-refractivity contribution is 0.378. The van der Waals surface area contributed by atoms with E-state index in [-0.39, 0.29) is 12.4 Å². The number of hydrogen-bond donors (Lipinski definition) is 1. The van der Waals surface area contributed by atoms with Crippen LogP contribution < -0.4 is 4.90 Å². The number of pyridine rings is 1. The highest BCUT2D eigenvalue weighted by atomic mass is 35.5. The Balaban J connectivity index is 0.00000169. The summed E-state index contributed by atoms with van der Waals surface area (Å²) in [5, 5.41) is 11.6. The van der Waals surface area contributed by atoms with Crippen LogP contribution in [0.25, 0.3) is 22.4 Å². The second kappa shape index (κ2) is 6.59. The first-order chi connectivity index (χ1) is 11.3. The Morgan fingerprint density at radius 1 is 1.17 bits per heavy atom. The molecular weight excluding hydrogens is 332 g/mol. The molecule has 0 aliphatic rings. The summed E-state index contributed by atoms with van der Waals surface area (Å²) in [7, 11) is 1.86. The highest BCUT2D eigenvalue weighted by Crippen LogP contribution is 2.16. The third kappa shape index (κ3) is 3.01. The first-order valence-corrected chi connectivity index (χ1v) is 6.90. The van der Waals surface area contributed by atoms with Crippen molar-refractivity contribution >= 4 is 29.4 Å². The Hall–Kier alpha value is -3.07. The largest absolute Gasteiger partial charge is 0.337 e. The first kappa shape index (κ1) is 15.8. The van der Waals surface area contributed by atoms with Crippen molar-refractivity contribution in [2.45, 2.75) is 6.54 Å². The molecule has 0 aliphatic heterocycles. The van der Waals surface area contributed by atoms with Gasteiger partial charge in [-0.3, -0.25) is 10.1 Å². The van der Waals surface area contributed by atoms with Crippen molar-refractivity contribution in [3.63, 3.8) is 0 Å². The number of aromatic amines is 1. The molecule has 0 amide bonds. The van der Waals surface area contributed by atoms with Gasteiger partial charge in [0.2, 0.25) is 17.7 Å². The van der Waals surface area contributed by atoms with Crippen LogP contribution in [0.15, 0.2) is 41.4 Å². The van der Waals surface area contributed by atoms with Gasteiger partial charge in [-0.25, -0.2) is 4.98 Å². The molecule has 0 bridgehead atoms. The molecule has 122 valence electrons. The molecule has 0 spiro atoms. The molecule has 0 aliphatic carbocycles. The van der Waals surface area contributed by atoms with Crippen molar-refractivity contribution in [2.75, 3.05) is 11.9 Å². The number of nitrogens with zero attached hydrogens (tertiary/aromatic N) is 7. The standard InChI is InChI=1S/C14H12N8O.ClH/c1-22(14-16-6-10-7-17-20-12(10)19-14)8-11-18-13(21-23-11)9-2-4-15-5-3-9;/h2-7H,8H2,1H3,(H,16,17,19,20);1H. The molecule has 0 unspecified atom stereocenters. The van der Waals surface area contributed by atoms with Crippen LogP contribution in [0.4, 0.5) is 5.95 Å². The summed E-state index contributed by atoms with van der Waals surface area (Å²) in [6.07, 6.45) is 6.77. The number of nitrogens with one attached hydrogen (secondary N) is 1. The Morgan fingerprint density at radius 2 is 2.00 bits per heavy atom. The first-order valence-electron chi connectivity index (χ1n) is 6.90. The van der Waals surface area contributed by atoms with Crippen LogP contribution in [0, 0.1) is 0 Å². The second-order valence-corrected chi connectivity index (χ2v) is 4.95. The Labute approximate surface area is 142 Å². The molecular formula is C14H13ClN8O. The summed E-state index contributed by atoms with van der Waals surface area (Å²) in [5.74, 6) is 1.55. The lowest BCUT2D eigenvalue weighted by Crippen LogP contribution is -2.19. The van der Waals surface area contributed by atoms with E-state index in [1.807, 2.05) is 24.1 Å². The molecule has 9 nitrogen and oxygen atoms in total. The smallest absolute Gasteiger partial charge is 0.246 e. The maximum Gasteiger partial charge on any atom is 0.246 e. The predicted octanol–water partition coefficient (Wildman–Crippen LogP) is 1.86. The minimum atomic E-state index is 0. The lowest BCUT2D eigenvalue weighted by Gasteiger charge is -2.13. The van der Waals surface area contributed by atoms with Gasteiger partial charge in [0, 0.05) is 31.2 Å². The molecule has 24 heavy (non-hydrogen) atoms. The monoisotopic (exact) mass is 344 g/mol. The Kier molecular flexibility index (Phi) is 4.34. The van der Waals surface area contributed by atoms with E-state index in [4.69, 9.17) is 4.52 Å². The SMILES string of the molecule is CN(Cc1nc(-c2ccncc2)no1)c1ncc2cn[nH]c2n1.Cl. The van der Waals surface area contributed by atoms with E-state index < -0.39 is 0 Å². The summed E-state index contributed by atoms with van der Waals surface area (Å²) in [6.45, 7) is 0.401. The van der Waals surface area contributed by atoms with Crippen LogP contribution in [-0.2, 0) is 6.54 Å². The van der Waals surface area contributed by atoms with Crippen LogP contribution in [0.2, 0.25) is 0 Å². The quantitative estimate of drug-likeness (QED) is 0.597. The molecule has 4 rings (SSSR count). The molecule has 1 N–H and O–H groups in total. The van der Waals surface area contributed by atoms with Gasteiger partial charge in [-0.1, -0.05) is 5.16 Å². The summed E-state index contributed by atoms with van der Waals surface area (Å²) >= 11 is 0. The zero-order valence-corrected chi connectivity index (χ0v) is 13.4. The molecule has 0 aromatic carbocycles. The summed E-state index contributed by atoms with van der Waals surface area (Å²) in [4.78, 5) is 18.9. The molecule has 0 fully saturated rings. The predicted molar refractivity (Wildman–Crippen MR) is 88.6 cm³/mol. The molecule has 0 atom stereocenters. The highest BCUT2D eigenvalue weighted by molar-refractivity contribution is 5.85. The molecule has 4 heterocycles. The number of fused-ring (bicyclic) bond motifs is 1.